The Morgan fingerprint density at radius 1 is 0.921 bits per heavy atom. The summed E-state index contributed by atoms with van der Waals surface area (Å²) in [5.41, 5.74) is 4.56. The quantitative estimate of drug-likeness (QED) is 0.385. The van der Waals surface area contributed by atoms with Gasteiger partial charge < -0.3 is 13.7 Å². The molecule has 0 saturated carbocycles. The van der Waals surface area contributed by atoms with Gasteiger partial charge in [-0.15, -0.1) is 0 Å². The van der Waals surface area contributed by atoms with E-state index in [9.17, 15) is 8.42 Å². The molecule has 38 heavy (non-hydrogen) atoms. The zero-order chi connectivity index (χ0) is 26.7. The van der Waals surface area contributed by atoms with Crippen LogP contribution in [-0.2, 0) is 10.3 Å². The van der Waals surface area contributed by atoms with Gasteiger partial charge in [0, 0.05) is 44.1 Å². The second kappa shape index (κ2) is 11.4. The number of ether oxygens (including phenoxy) is 2. The number of aryl methyl sites for hydroxylation is 1. The average Bonchev–Trinajstić information content (AvgIpc) is 3.42. The summed E-state index contributed by atoms with van der Waals surface area (Å²) < 4.78 is 43.1. The molecule has 0 radical (unpaired) electrons. The van der Waals surface area contributed by atoms with E-state index in [1.54, 1.807) is 12.1 Å². The summed E-state index contributed by atoms with van der Waals surface area (Å²) >= 11 is 0. The molecule has 2 aliphatic rings. The fraction of sp³-hybridized carbons (Fsp3) is 0.400. The van der Waals surface area contributed by atoms with Crippen LogP contribution >= 0.6 is 0 Å². The molecule has 1 fully saturated rings. The van der Waals surface area contributed by atoms with E-state index < -0.39 is 10.3 Å². The van der Waals surface area contributed by atoms with Gasteiger partial charge in [0.15, 0.2) is 0 Å². The summed E-state index contributed by atoms with van der Waals surface area (Å²) in [6.07, 6.45) is 2.56. The predicted molar refractivity (Wildman–Crippen MR) is 149 cm³/mol. The second-order valence-corrected chi connectivity index (χ2v) is 12.0. The van der Waals surface area contributed by atoms with Crippen molar-refractivity contribution < 1.29 is 22.1 Å². The van der Waals surface area contributed by atoms with Crippen LogP contribution in [0.4, 0.5) is 0 Å². The molecular weight excluding hydrogens is 500 g/mol. The fourth-order valence-corrected chi connectivity index (χ4v) is 5.72. The summed E-state index contributed by atoms with van der Waals surface area (Å²) in [6.45, 7) is 6.53. The highest BCUT2D eigenvalue weighted by Crippen LogP contribution is 2.47. The number of rotatable bonds is 9. The molecule has 0 aliphatic carbocycles. The first-order chi connectivity index (χ1) is 18.3. The molecule has 0 amide bonds. The molecule has 3 aromatic carbocycles. The topological polar surface area (TPSA) is 68.3 Å². The lowest BCUT2D eigenvalue weighted by molar-refractivity contribution is 0.237. The molecule has 8 heteroatoms. The summed E-state index contributed by atoms with van der Waals surface area (Å²) in [5.74, 6) is 1.86. The van der Waals surface area contributed by atoms with Crippen LogP contribution in [0.3, 0.4) is 0 Å². The lowest BCUT2D eigenvalue weighted by atomic mass is 9.76. The second-order valence-electron chi connectivity index (χ2n) is 10.3. The average molecular weight is 537 g/mol. The molecule has 202 valence electrons. The van der Waals surface area contributed by atoms with Gasteiger partial charge in [-0.1, -0.05) is 48.0 Å². The van der Waals surface area contributed by atoms with Gasteiger partial charge in [-0.2, -0.15) is 12.7 Å². The highest BCUT2D eigenvalue weighted by atomic mass is 32.2. The van der Waals surface area contributed by atoms with Crippen LogP contribution in [0.1, 0.15) is 46.9 Å². The fourth-order valence-electron chi connectivity index (χ4n) is 5.22. The monoisotopic (exact) mass is 536 g/mol. The van der Waals surface area contributed by atoms with Crippen LogP contribution in [0.2, 0.25) is 0 Å². The highest BCUT2D eigenvalue weighted by Gasteiger charge is 2.34. The highest BCUT2D eigenvalue weighted by molar-refractivity contribution is 7.84. The van der Waals surface area contributed by atoms with Gasteiger partial charge in [0.05, 0.1) is 6.61 Å². The number of fused-ring (bicyclic) bond motifs is 1. The molecule has 3 aromatic rings. The van der Waals surface area contributed by atoms with Crippen molar-refractivity contribution in [2.24, 2.45) is 0 Å². The van der Waals surface area contributed by atoms with Crippen LogP contribution in [0.25, 0.3) is 0 Å². The number of nitrogens with zero attached hydrogens (tertiary/aromatic N) is 2. The number of benzene rings is 3. The lowest BCUT2D eigenvalue weighted by Crippen LogP contribution is -2.27. The maximum Gasteiger partial charge on any atom is 0.384 e. The van der Waals surface area contributed by atoms with Crippen molar-refractivity contribution in [3.63, 3.8) is 0 Å². The summed E-state index contributed by atoms with van der Waals surface area (Å²) in [7, 11) is -0.985. The first-order valence-corrected chi connectivity index (χ1v) is 14.6. The Bertz CT molecular complexity index is 1330. The Kier molecular flexibility index (Phi) is 7.93. The van der Waals surface area contributed by atoms with E-state index in [0.717, 1.165) is 27.7 Å². The van der Waals surface area contributed by atoms with Crippen LogP contribution < -0.4 is 13.7 Å². The molecule has 0 N–H and O–H groups in total. The maximum atomic E-state index is 12.2. The summed E-state index contributed by atoms with van der Waals surface area (Å²) in [4.78, 5) is 2.45. The standard InChI is InChI=1S/C30H36N2O5S/c1-22-6-8-23(9-7-22)28-21-36-29-20-26(37-38(33,34)31(2)3)14-15-27(29)30(28)24-10-12-25(13-11-24)35-19-18-32-16-4-5-17-32/h6-15,20,28,30H,4-5,16-19,21H2,1-3H3. The number of hydrogen-bond acceptors (Lipinski definition) is 6. The van der Waals surface area contributed by atoms with E-state index in [1.807, 2.05) is 18.2 Å². The third-order valence-electron chi connectivity index (χ3n) is 7.41. The molecule has 0 spiro atoms. The number of hydrogen-bond donors (Lipinski definition) is 0. The smallest absolute Gasteiger partial charge is 0.384 e. The SMILES string of the molecule is Cc1ccc(C2COc3cc(OS(=O)(=O)N(C)C)ccc3C2c2ccc(OCCN3CCCC3)cc2)cc1. The van der Waals surface area contributed by atoms with Gasteiger partial charge in [0.2, 0.25) is 0 Å². The predicted octanol–water partition coefficient (Wildman–Crippen LogP) is 4.96. The van der Waals surface area contributed by atoms with Crippen molar-refractivity contribution in [3.05, 3.63) is 89.0 Å². The molecule has 0 aromatic heterocycles. The molecule has 2 atom stereocenters. The van der Waals surface area contributed by atoms with E-state index in [-0.39, 0.29) is 17.6 Å². The van der Waals surface area contributed by atoms with Gasteiger partial charge in [-0.05, 0) is 62.2 Å². The van der Waals surface area contributed by atoms with Crippen LogP contribution in [0.5, 0.6) is 17.2 Å². The van der Waals surface area contributed by atoms with Crippen molar-refractivity contribution in [2.75, 3.05) is 46.9 Å². The van der Waals surface area contributed by atoms with Gasteiger partial charge in [-0.25, -0.2) is 0 Å². The van der Waals surface area contributed by atoms with Crippen molar-refractivity contribution in [3.8, 4) is 17.2 Å². The zero-order valence-corrected chi connectivity index (χ0v) is 23.1. The van der Waals surface area contributed by atoms with Crippen LogP contribution in [-0.4, -0.2) is 64.6 Å². The Morgan fingerprint density at radius 3 is 2.26 bits per heavy atom. The van der Waals surface area contributed by atoms with Crippen molar-refractivity contribution in [1.29, 1.82) is 0 Å². The molecule has 2 aliphatic heterocycles. The van der Waals surface area contributed by atoms with E-state index in [2.05, 4.69) is 48.2 Å². The lowest BCUT2D eigenvalue weighted by Gasteiger charge is -2.35. The van der Waals surface area contributed by atoms with Crippen LogP contribution in [0.15, 0.2) is 66.7 Å². The van der Waals surface area contributed by atoms with E-state index in [0.29, 0.717) is 19.0 Å². The van der Waals surface area contributed by atoms with Gasteiger partial charge in [0.25, 0.3) is 0 Å². The first kappa shape index (κ1) is 26.5. The number of likely N-dealkylation sites (tertiary alicyclic amines) is 1. The molecule has 7 nitrogen and oxygen atoms in total. The van der Waals surface area contributed by atoms with Gasteiger partial charge in [-0.3, -0.25) is 4.90 Å². The summed E-state index contributed by atoms with van der Waals surface area (Å²) in [6, 6.07) is 22.2. The largest absolute Gasteiger partial charge is 0.492 e. The zero-order valence-electron chi connectivity index (χ0n) is 22.3. The van der Waals surface area contributed by atoms with E-state index in [4.69, 9.17) is 13.7 Å². The Hall–Kier alpha value is -3.07. The normalized spacial score (nSPS) is 19.7. The minimum absolute atomic E-state index is 0.0274. The van der Waals surface area contributed by atoms with Crippen molar-refractivity contribution >= 4 is 10.3 Å². The Labute approximate surface area is 226 Å². The molecule has 2 heterocycles. The first-order valence-electron chi connectivity index (χ1n) is 13.2. The third kappa shape index (κ3) is 5.98. The Balaban J connectivity index is 1.41. The Morgan fingerprint density at radius 2 is 1.58 bits per heavy atom. The van der Waals surface area contributed by atoms with E-state index in [1.165, 1.54) is 51.2 Å². The minimum atomic E-state index is -3.86. The molecule has 1 saturated heterocycles. The van der Waals surface area contributed by atoms with Crippen molar-refractivity contribution in [1.82, 2.24) is 9.21 Å². The molecule has 0 bridgehead atoms. The van der Waals surface area contributed by atoms with E-state index >= 15 is 0 Å². The minimum Gasteiger partial charge on any atom is -0.492 e. The summed E-state index contributed by atoms with van der Waals surface area (Å²) in [5, 5.41) is 0. The third-order valence-corrected chi connectivity index (χ3v) is 8.71. The van der Waals surface area contributed by atoms with Crippen molar-refractivity contribution in [2.45, 2.75) is 31.6 Å². The molecular formula is C30H36N2O5S. The molecule has 2 unspecified atom stereocenters. The van der Waals surface area contributed by atoms with Crippen LogP contribution in [0, 0.1) is 6.92 Å². The van der Waals surface area contributed by atoms with Gasteiger partial charge in [0.1, 0.15) is 23.9 Å². The maximum absolute atomic E-state index is 12.2. The molecule has 5 rings (SSSR count). The van der Waals surface area contributed by atoms with Gasteiger partial charge >= 0.3 is 10.3 Å².